The number of rotatable bonds is 21. The van der Waals surface area contributed by atoms with Crippen LogP contribution < -0.4 is 16.0 Å². The average Bonchev–Trinajstić information content (AvgIpc) is 2.85. The number of unbranched alkanes of at least 4 members (excludes halogenated alkanes) is 3. The van der Waals surface area contributed by atoms with Crippen molar-refractivity contribution in [1.82, 2.24) is 16.0 Å². The van der Waals surface area contributed by atoms with Crippen LogP contribution in [0.25, 0.3) is 20.9 Å². The van der Waals surface area contributed by atoms with Crippen LogP contribution in [0.4, 0.5) is 0 Å². The van der Waals surface area contributed by atoms with Gasteiger partial charge in [0.1, 0.15) is 6.04 Å². The molecule has 0 saturated carbocycles. The zero-order chi connectivity index (χ0) is 26.2. The summed E-state index contributed by atoms with van der Waals surface area (Å²) in [4.78, 5) is 52.9. The van der Waals surface area contributed by atoms with Crippen LogP contribution >= 0.6 is 0 Å². The summed E-state index contributed by atoms with van der Waals surface area (Å²) < 4.78 is 4.76. The Morgan fingerprint density at radius 3 is 1.77 bits per heavy atom. The van der Waals surface area contributed by atoms with Gasteiger partial charge in [-0.15, -0.1) is 0 Å². The molecule has 0 aromatic heterocycles. The minimum Gasteiger partial charge on any atom is -0.467 e. The van der Waals surface area contributed by atoms with Crippen molar-refractivity contribution in [3.8, 4) is 0 Å². The number of nitrogens with zero attached hydrogens (tertiary/aromatic N) is 6. The molecule has 14 nitrogen and oxygen atoms in total. The molecule has 3 amide bonds. The molecule has 0 radical (unpaired) electrons. The van der Waals surface area contributed by atoms with Crippen LogP contribution in [-0.2, 0) is 23.9 Å². The van der Waals surface area contributed by atoms with Crippen molar-refractivity contribution in [3.63, 3.8) is 0 Å². The standard InChI is InChI=1S/C21H37N9O5/c1-35-21(34)17(9-2-5-13-24-18(31)10-3-6-15-26-29-22)28-20(33)12-8-14-25-19(32)11-4-7-16-27-30-23/h17H,2-16H2,1H3,(H,24,31)(H,25,32)(H,28,33)/t17-/m0/s1. The Morgan fingerprint density at radius 2 is 1.26 bits per heavy atom. The highest BCUT2D eigenvalue weighted by Gasteiger charge is 2.20. The van der Waals surface area contributed by atoms with Crippen molar-refractivity contribution in [2.45, 2.75) is 76.7 Å². The zero-order valence-electron chi connectivity index (χ0n) is 20.4. The number of ether oxygens (including phenoxy) is 1. The molecule has 3 N–H and O–H groups in total. The molecular formula is C21H37N9O5. The van der Waals surface area contributed by atoms with Gasteiger partial charge in [-0.1, -0.05) is 10.2 Å². The van der Waals surface area contributed by atoms with Crippen LogP contribution in [0, 0.1) is 0 Å². The summed E-state index contributed by atoms with van der Waals surface area (Å²) in [7, 11) is 1.26. The minimum atomic E-state index is -0.769. The summed E-state index contributed by atoms with van der Waals surface area (Å²) >= 11 is 0. The fraction of sp³-hybridized carbons (Fsp3) is 0.810. The predicted octanol–water partition coefficient (Wildman–Crippen LogP) is 2.79. The van der Waals surface area contributed by atoms with Gasteiger partial charge in [0.15, 0.2) is 0 Å². The van der Waals surface area contributed by atoms with Crippen LogP contribution in [0.5, 0.6) is 0 Å². The zero-order valence-corrected chi connectivity index (χ0v) is 20.4. The van der Waals surface area contributed by atoms with Gasteiger partial charge in [0.25, 0.3) is 0 Å². The number of methoxy groups -OCH3 is 1. The highest BCUT2D eigenvalue weighted by molar-refractivity contribution is 5.84. The Morgan fingerprint density at radius 1 is 0.743 bits per heavy atom. The molecule has 196 valence electrons. The number of azide groups is 2. The first kappa shape index (κ1) is 31.5. The van der Waals surface area contributed by atoms with Crippen LogP contribution in [0.1, 0.15) is 70.6 Å². The maximum absolute atomic E-state index is 12.2. The number of amides is 3. The first-order valence-corrected chi connectivity index (χ1v) is 11.9. The number of nitrogens with one attached hydrogen (secondary N) is 3. The van der Waals surface area contributed by atoms with Crippen molar-refractivity contribution in [2.75, 3.05) is 33.3 Å². The molecule has 0 saturated heterocycles. The number of carbonyl (C=O) groups excluding carboxylic acids is 4. The van der Waals surface area contributed by atoms with Crippen molar-refractivity contribution in [3.05, 3.63) is 20.9 Å². The largest absolute Gasteiger partial charge is 0.467 e. The minimum absolute atomic E-state index is 0.0796. The SMILES string of the molecule is COC(=O)[C@H](CCCCNC(=O)CCCCN=[N+]=[N-])NC(=O)CCCNC(=O)CCCCN=[N+]=[N-]. The van der Waals surface area contributed by atoms with E-state index in [1.165, 1.54) is 7.11 Å². The molecule has 0 aromatic carbocycles. The Bertz CT molecular complexity index is 749. The van der Waals surface area contributed by atoms with Crippen molar-refractivity contribution < 1.29 is 23.9 Å². The lowest BCUT2D eigenvalue weighted by Crippen LogP contribution is -2.41. The molecule has 0 aromatic rings. The normalized spacial score (nSPS) is 10.8. The quantitative estimate of drug-likeness (QED) is 0.0718. The van der Waals surface area contributed by atoms with E-state index in [0.717, 1.165) is 0 Å². The molecule has 0 aliphatic rings. The number of esters is 1. The van der Waals surface area contributed by atoms with E-state index >= 15 is 0 Å². The molecule has 0 aliphatic carbocycles. The van der Waals surface area contributed by atoms with E-state index < -0.39 is 12.0 Å². The van der Waals surface area contributed by atoms with Gasteiger partial charge >= 0.3 is 5.97 Å². The van der Waals surface area contributed by atoms with E-state index in [1.54, 1.807) is 0 Å². The third-order valence-corrected chi connectivity index (χ3v) is 4.92. The summed E-state index contributed by atoms with van der Waals surface area (Å²) in [6.45, 7) is 1.54. The van der Waals surface area contributed by atoms with Crippen molar-refractivity contribution >= 4 is 23.7 Å². The topological polar surface area (TPSA) is 211 Å². The molecule has 14 heteroatoms. The molecule has 0 rings (SSSR count). The molecule has 0 fully saturated rings. The van der Waals surface area contributed by atoms with Crippen LogP contribution in [-0.4, -0.2) is 63.0 Å². The van der Waals surface area contributed by atoms with Gasteiger partial charge in [0.2, 0.25) is 17.7 Å². The lowest BCUT2D eigenvalue weighted by molar-refractivity contribution is -0.145. The van der Waals surface area contributed by atoms with Gasteiger partial charge in [0.05, 0.1) is 7.11 Å². The maximum atomic E-state index is 12.2. The van der Waals surface area contributed by atoms with E-state index in [0.29, 0.717) is 90.4 Å². The van der Waals surface area contributed by atoms with Crippen LogP contribution in [0.15, 0.2) is 10.2 Å². The van der Waals surface area contributed by atoms with Crippen LogP contribution in [0.3, 0.4) is 0 Å². The monoisotopic (exact) mass is 495 g/mol. The molecule has 0 unspecified atom stereocenters. The third-order valence-electron chi connectivity index (χ3n) is 4.92. The first-order chi connectivity index (χ1) is 16.9. The lowest BCUT2D eigenvalue weighted by atomic mass is 10.1. The molecule has 1 atom stereocenters. The molecular weight excluding hydrogens is 458 g/mol. The molecule has 0 spiro atoms. The molecule has 0 aliphatic heterocycles. The smallest absolute Gasteiger partial charge is 0.328 e. The van der Waals surface area contributed by atoms with E-state index in [-0.39, 0.29) is 24.1 Å². The third kappa shape index (κ3) is 19.7. The Kier molecular flexibility index (Phi) is 20.1. The first-order valence-electron chi connectivity index (χ1n) is 11.9. The number of hydrogen-bond donors (Lipinski definition) is 3. The fourth-order valence-corrected chi connectivity index (χ4v) is 3.04. The number of carbonyl (C=O) groups is 4. The average molecular weight is 496 g/mol. The van der Waals surface area contributed by atoms with Crippen LogP contribution in [0.2, 0.25) is 0 Å². The van der Waals surface area contributed by atoms with E-state index in [2.05, 4.69) is 36.0 Å². The molecule has 0 bridgehead atoms. The highest BCUT2D eigenvalue weighted by Crippen LogP contribution is 2.04. The molecule has 35 heavy (non-hydrogen) atoms. The van der Waals surface area contributed by atoms with E-state index in [1.807, 2.05) is 0 Å². The van der Waals surface area contributed by atoms with Gasteiger partial charge in [-0.25, -0.2) is 4.79 Å². The second kappa shape index (κ2) is 22.3. The summed E-state index contributed by atoms with van der Waals surface area (Å²) in [5.74, 6) is -1.04. The summed E-state index contributed by atoms with van der Waals surface area (Å²) in [6, 6.07) is -0.769. The van der Waals surface area contributed by atoms with Crippen molar-refractivity contribution in [1.29, 1.82) is 0 Å². The lowest BCUT2D eigenvalue weighted by Gasteiger charge is -2.16. The van der Waals surface area contributed by atoms with E-state index in [9.17, 15) is 19.2 Å². The number of hydrogen-bond acceptors (Lipinski definition) is 7. The van der Waals surface area contributed by atoms with Gasteiger partial charge in [-0.05, 0) is 62.4 Å². The van der Waals surface area contributed by atoms with Gasteiger partial charge < -0.3 is 20.7 Å². The highest BCUT2D eigenvalue weighted by atomic mass is 16.5. The maximum Gasteiger partial charge on any atom is 0.328 e. The second-order valence-corrected chi connectivity index (χ2v) is 7.77. The molecule has 0 heterocycles. The van der Waals surface area contributed by atoms with Gasteiger partial charge in [-0.2, -0.15) is 0 Å². The Balaban J connectivity index is 4.02. The Hall–Kier alpha value is -3.50. The second-order valence-electron chi connectivity index (χ2n) is 7.77. The summed E-state index contributed by atoms with van der Waals surface area (Å²) in [6.07, 6.45) is 5.46. The van der Waals surface area contributed by atoms with Crippen molar-refractivity contribution in [2.24, 2.45) is 10.2 Å². The Labute approximate surface area is 205 Å². The fourth-order valence-electron chi connectivity index (χ4n) is 3.04. The summed E-state index contributed by atoms with van der Waals surface area (Å²) in [5, 5.41) is 15.0. The van der Waals surface area contributed by atoms with Gasteiger partial charge in [0, 0.05) is 55.3 Å². The summed E-state index contributed by atoms with van der Waals surface area (Å²) in [5.41, 5.74) is 16.4. The van der Waals surface area contributed by atoms with Gasteiger partial charge in [-0.3, -0.25) is 14.4 Å². The predicted molar refractivity (Wildman–Crippen MR) is 129 cm³/mol. The van der Waals surface area contributed by atoms with E-state index in [4.69, 9.17) is 15.8 Å².